The average Bonchev–Trinajstić information content (AvgIpc) is 3.74. The van der Waals surface area contributed by atoms with Crippen LogP contribution in [0, 0.1) is 35.5 Å². The third-order valence-corrected chi connectivity index (χ3v) is 8.47. The van der Waals surface area contributed by atoms with Gasteiger partial charge in [-0.2, -0.15) is 0 Å². The maximum absolute atomic E-state index is 12.3. The van der Waals surface area contributed by atoms with E-state index >= 15 is 0 Å². The van der Waals surface area contributed by atoms with E-state index in [0.29, 0.717) is 48.7 Å². The molecular weight excluding hydrogens is 488 g/mol. The first-order valence-corrected chi connectivity index (χ1v) is 14.3. The summed E-state index contributed by atoms with van der Waals surface area (Å²) >= 11 is 0. The Morgan fingerprint density at radius 2 is 1.11 bits per heavy atom. The Labute approximate surface area is 225 Å². The van der Waals surface area contributed by atoms with Crippen LogP contribution in [-0.4, -0.2) is 63.8 Å². The molecule has 0 radical (unpaired) electrons. The molecule has 4 aliphatic rings. The summed E-state index contributed by atoms with van der Waals surface area (Å²) in [5.41, 5.74) is 5.43. The van der Waals surface area contributed by atoms with Crippen molar-refractivity contribution in [2.45, 2.75) is 57.5 Å². The summed E-state index contributed by atoms with van der Waals surface area (Å²) in [4.78, 5) is 36.7. The smallest absolute Gasteiger partial charge is 0.407 e. The number of fused-ring (bicyclic) bond motifs is 2. The van der Waals surface area contributed by atoms with Crippen molar-refractivity contribution in [1.82, 2.24) is 16.0 Å². The number of hydrogen-bond acceptors (Lipinski definition) is 7. The van der Waals surface area contributed by atoms with Crippen molar-refractivity contribution in [2.24, 2.45) is 41.2 Å². The molecule has 0 saturated heterocycles. The molecule has 2 saturated carbocycles. The Kier molecular flexibility index (Phi) is 10.7. The topological polar surface area (TPSA) is 141 Å². The maximum Gasteiger partial charge on any atom is 0.407 e. The summed E-state index contributed by atoms with van der Waals surface area (Å²) in [6, 6.07) is 0. The number of amides is 3. The lowest BCUT2D eigenvalue weighted by Crippen LogP contribution is -2.45. The predicted octanol–water partition coefficient (Wildman–Crippen LogP) is 3.48. The zero-order chi connectivity index (χ0) is 26.7. The van der Waals surface area contributed by atoms with Crippen LogP contribution in [0.1, 0.15) is 51.4 Å². The first-order chi connectivity index (χ1) is 18.6. The van der Waals surface area contributed by atoms with Gasteiger partial charge in [-0.05, 0) is 86.9 Å². The molecule has 0 aromatic heterocycles. The molecule has 38 heavy (non-hydrogen) atoms. The molecule has 10 heteroatoms. The zero-order valence-electron chi connectivity index (χ0n) is 22.3. The van der Waals surface area contributed by atoms with Crippen molar-refractivity contribution in [2.75, 3.05) is 39.4 Å². The lowest BCUT2D eigenvalue weighted by Gasteiger charge is -2.19. The number of carbonyl (C=O) groups excluding carboxylic acids is 3. The summed E-state index contributed by atoms with van der Waals surface area (Å²) in [6.07, 6.45) is 15.3. The van der Waals surface area contributed by atoms with E-state index < -0.39 is 24.4 Å². The summed E-state index contributed by atoms with van der Waals surface area (Å²) in [5, 5.41) is 7.85. The van der Waals surface area contributed by atoms with E-state index in [4.69, 9.17) is 19.9 Å². The van der Waals surface area contributed by atoms with Crippen LogP contribution >= 0.6 is 0 Å². The van der Waals surface area contributed by atoms with Crippen LogP contribution < -0.4 is 21.7 Å². The second-order valence-corrected chi connectivity index (χ2v) is 10.9. The number of hydrogen-bond donors (Lipinski definition) is 4. The van der Waals surface area contributed by atoms with Crippen molar-refractivity contribution in [3.05, 3.63) is 24.3 Å². The van der Waals surface area contributed by atoms with Gasteiger partial charge in [0.1, 0.15) is 6.10 Å². The van der Waals surface area contributed by atoms with Crippen LogP contribution in [0.3, 0.4) is 0 Å². The zero-order valence-corrected chi connectivity index (χ0v) is 22.3. The van der Waals surface area contributed by atoms with Gasteiger partial charge in [-0.1, -0.05) is 24.3 Å². The monoisotopic (exact) mass is 532 g/mol. The van der Waals surface area contributed by atoms with Gasteiger partial charge in [0.25, 0.3) is 0 Å². The molecule has 3 amide bonds. The fourth-order valence-corrected chi connectivity index (χ4v) is 6.24. The Hall–Kier alpha value is -2.75. The van der Waals surface area contributed by atoms with Crippen LogP contribution in [-0.2, 0) is 14.2 Å². The molecule has 6 atom stereocenters. The number of allylic oxidation sites excluding steroid dienone is 4. The van der Waals surface area contributed by atoms with E-state index in [-0.39, 0.29) is 26.2 Å². The fourth-order valence-electron chi connectivity index (χ4n) is 6.24. The molecular formula is C28H44N4O6. The molecule has 0 aliphatic heterocycles. The van der Waals surface area contributed by atoms with Crippen molar-refractivity contribution in [3.8, 4) is 0 Å². The standard InChI is InChI=1S/C28H44N4O6/c29-13-14-30-28(35)38-19(15-31-26(33)36-17-24-20-9-5-1-2-6-10-21(20)24)16-32-27(34)37-18-25-22-11-7-3-4-8-12-23(22)25/h1-4,19-25H,5-18,29H2,(H,30,35)(H,31,33)(H,32,34)/b2-1+,4-3+/t20-,21+,22-,23+,24+,25+. The summed E-state index contributed by atoms with van der Waals surface area (Å²) < 4.78 is 16.3. The SMILES string of the molecule is NCCNC(=O)OC(CNC(=O)OC[C@H]1[C@@H]2CC/C=C/CC[C@@H]21)CNC(=O)OC[C@H]1[C@@H]2CC/C=C/CC[C@@H]21. The summed E-state index contributed by atoms with van der Waals surface area (Å²) in [7, 11) is 0. The molecule has 10 nitrogen and oxygen atoms in total. The fraction of sp³-hybridized carbons (Fsp3) is 0.750. The van der Waals surface area contributed by atoms with Crippen molar-refractivity contribution in [3.63, 3.8) is 0 Å². The normalized spacial score (nSPS) is 31.0. The lowest BCUT2D eigenvalue weighted by atomic mass is 10.1. The highest BCUT2D eigenvalue weighted by Gasteiger charge is 2.50. The minimum atomic E-state index is -0.795. The van der Waals surface area contributed by atoms with Crippen LogP contribution in [0.25, 0.3) is 0 Å². The van der Waals surface area contributed by atoms with Gasteiger partial charge in [0.05, 0.1) is 26.3 Å². The molecule has 4 aliphatic carbocycles. The Bertz CT molecular complexity index is 774. The number of nitrogens with two attached hydrogens (primary N) is 1. The second-order valence-electron chi connectivity index (χ2n) is 10.9. The third-order valence-electron chi connectivity index (χ3n) is 8.47. The first kappa shape index (κ1) is 28.3. The number of rotatable bonds is 11. The van der Waals surface area contributed by atoms with E-state index in [1.165, 1.54) is 0 Å². The van der Waals surface area contributed by atoms with Crippen LogP contribution in [0.4, 0.5) is 14.4 Å². The molecule has 0 unspecified atom stereocenters. The minimum absolute atomic E-state index is 0.00360. The quantitative estimate of drug-likeness (QED) is 0.236. The number of nitrogens with one attached hydrogen (secondary N) is 3. The predicted molar refractivity (Wildman–Crippen MR) is 142 cm³/mol. The van der Waals surface area contributed by atoms with Crippen LogP contribution in [0.15, 0.2) is 24.3 Å². The van der Waals surface area contributed by atoms with Crippen molar-refractivity contribution < 1.29 is 28.6 Å². The van der Waals surface area contributed by atoms with E-state index in [2.05, 4.69) is 40.3 Å². The highest BCUT2D eigenvalue weighted by Crippen LogP contribution is 2.53. The van der Waals surface area contributed by atoms with Gasteiger partial charge < -0.3 is 35.9 Å². The molecule has 4 rings (SSSR count). The molecule has 0 aromatic carbocycles. The third kappa shape index (κ3) is 8.64. The summed E-state index contributed by atoms with van der Waals surface area (Å²) in [6.45, 7) is 1.32. The van der Waals surface area contributed by atoms with Gasteiger partial charge in [0.2, 0.25) is 0 Å². The molecule has 0 bridgehead atoms. The van der Waals surface area contributed by atoms with Gasteiger partial charge in [-0.15, -0.1) is 0 Å². The lowest BCUT2D eigenvalue weighted by molar-refractivity contribution is 0.0860. The molecule has 0 aromatic rings. The second kappa shape index (κ2) is 14.4. The van der Waals surface area contributed by atoms with Crippen molar-refractivity contribution >= 4 is 18.3 Å². The molecule has 2 fully saturated rings. The molecule has 5 N–H and O–H groups in total. The Morgan fingerprint density at radius 1 is 0.684 bits per heavy atom. The van der Waals surface area contributed by atoms with Gasteiger partial charge in [0, 0.05) is 13.1 Å². The Morgan fingerprint density at radius 3 is 1.50 bits per heavy atom. The van der Waals surface area contributed by atoms with E-state index in [1.807, 2.05) is 0 Å². The summed E-state index contributed by atoms with van der Waals surface area (Å²) in [5.74, 6) is 3.38. The van der Waals surface area contributed by atoms with E-state index in [1.54, 1.807) is 0 Å². The first-order valence-electron chi connectivity index (χ1n) is 14.3. The Balaban J connectivity index is 1.15. The highest BCUT2D eigenvalue weighted by atomic mass is 16.6. The maximum atomic E-state index is 12.3. The molecule has 0 spiro atoms. The van der Waals surface area contributed by atoms with Crippen molar-refractivity contribution in [1.29, 1.82) is 0 Å². The number of alkyl carbamates (subject to hydrolysis) is 3. The minimum Gasteiger partial charge on any atom is -0.449 e. The molecule has 0 heterocycles. The van der Waals surface area contributed by atoms with E-state index in [9.17, 15) is 14.4 Å². The average molecular weight is 533 g/mol. The van der Waals surface area contributed by atoms with Gasteiger partial charge in [-0.25, -0.2) is 14.4 Å². The molecule has 212 valence electrons. The number of carbonyl (C=O) groups is 3. The number of ether oxygens (including phenoxy) is 3. The van der Waals surface area contributed by atoms with Gasteiger partial charge in [0.15, 0.2) is 0 Å². The van der Waals surface area contributed by atoms with Crippen LogP contribution in [0.2, 0.25) is 0 Å². The van der Waals surface area contributed by atoms with E-state index in [0.717, 1.165) is 51.4 Å². The van der Waals surface area contributed by atoms with Gasteiger partial charge >= 0.3 is 18.3 Å². The largest absolute Gasteiger partial charge is 0.449 e. The highest BCUT2D eigenvalue weighted by molar-refractivity contribution is 5.69. The van der Waals surface area contributed by atoms with Crippen LogP contribution in [0.5, 0.6) is 0 Å². The van der Waals surface area contributed by atoms with Gasteiger partial charge in [-0.3, -0.25) is 0 Å².